The first-order chi connectivity index (χ1) is 7.41. The topological polar surface area (TPSA) is 70.5 Å². The lowest BCUT2D eigenvalue weighted by atomic mass is 10.1. The van der Waals surface area contributed by atoms with Crippen molar-refractivity contribution >= 4 is 23.4 Å². The van der Waals surface area contributed by atoms with E-state index >= 15 is 0 Å². The molecule has 0 radical (unpaired) electrons. The van der Waals surface area contributed by atoms with E-state index in [1.54, 1.807) is 19.0 Å². The maximum absolute atomic E-state index is 11.7. The van der Waals surface area contributed by atoms with Gasteiger partial charge >= 0.3 is 5.97 Å². The first kappa shape index (κ1) is 12.6. The van der Waals surface area contributed by atoms with Crippen LogP contribution in [0.15, 0.2) is 12.3 Å². The number of carbonyl (C=O) groups is 2. The molecule has 86 valence electrons. The molecule has 1 aromatic rings. The molecule has 0 unspecified atom stereocenters. The van der Waals surface area contributed by atoms with E-state index in [2.05, 4.69) is 4.98 Å². The lowest BCUT2D eigenvalue weighted by molar-refractivity contribution is 0.0684. The van der Waals surface area contributed by atoms with E-state index in [-0.39, 0.29) is 28.6 Å². The second-order valence-electron chi connectivity index (χ2n) is 3.52. The third-order valence-corrected chi connectivity index (χ3v) is 2.02. The third kappa shape index (κ3) is 3.01. The van der Waals surface area contributed by atoms with Crippen molar-refractivity contribution in [2.75, 3.05) is 20.6 Å². The number of aromatic carboxylic acids is 1. The first-order valence-electron chi connectivity index (χ1n) is 4.48. The van der Waals surface area contributed by atoms with E-state index in [0.717, 1.165) is 0 Å². The monoisotopic (exact) mass is 242 g/mol. The molecule has 1 heterocycles. The smallest absolute Gasteiger partial charge is 0.355 e. The fourth-order valence-electron chi connectivity index (χ4n) is 1.19. The van der Waals surface area contributed by atoms with Crippen LogP contribution in [-0.4, -0.2) is 47.4 Å². The third-order valence-electron chi connectivity index (χ3n) is 1.82. The average Bonchev–Trinajstić information content (AvgIpc) is 2.15. The molecule has 0 saturated carbocycles. The fraction of sp³-hybridized carbons (Fsp3) is 0.300. The number of hydrogen-bond acceptors (Lipinski definition) is 4. The van der Waals surface area contributed by atoms with Crippen LogP contribution in [0, 0.1) is 0 Å². The summed E-state index contributed by atoms with van der Waals surface area (Å²) in [5, 5.41) is 9.11. The summed E-state index contributed by atoms with van der Waals surface area (Å²) in [5.74, 6) is -1.56. The molecule has 1 N–H and O–H groups in total. The molecule has 0 amide bonds. The maximum atomic E-state index is 11.7. The second kappa shape index (κ2) is 5.05. The minimum atomic E-state index is -1.24. The Balaban J connectivity index is 3.14. The summed E-state index contributed by atoms with van der Waals surface area (Å²) in [6.45, 7) is 0.113. The quantitative estimate of drug-likeness (QED) is 0.803. The van der Waals surface area contributed by atoms with Gasteiger partial charge in [0, 0.05) is 6.20 Å². The number of nitrogens with zero attached hydrogens (tertiary/aromatic N) is 2. The van der Waals surface area contributed by atoms with Crippen LogP contribution in [0.3, 0.4) is 0 Å². The van der Waals surface area contributed by atoms with E-state index in [1.165, 1.54) is 12.3 Å². The molecule has 0 aliphatic heterocycles. The first-order valence-corrected chi connectivity index (χ1v) is 4.86. The van der Waals surface area contributed by atoms with Crippen molar-refractivity contribution < 1.29 is 14.7 Å². The summed E-state index contributed by atoms with van der Waals surface area (Å²) in [6.07, 6.45) is 1.21. The molecule has 6 heteroatoms. The maximum Gasteiger partial charge on any atom is 0.355 e. The molecule has 5 nitrogen and oxygen atoms in total. The molecule has 1 rings (SSSR count). The summed E-state index contributed by atoms with van der Waals surface area (Å²) in [5.41, 5.74) is -0.232. The molecule has 0 aromatic carbocycles. The van der Waals surface area contributed by atoms with Gasteiger partial charge in [-0.2, -0.15) is 0 Å². The molecule has 0 bridgehead atoms. The summed E-state index contributed by atoms with van der Waals surface area (Å²) >= 11 is 5.68. The number of carboxylic acid groups (broad SMARTS) is 1. The summed E-state index contributed by atoms with van der Waals surface area (Å²) in [4.78, 5) is 27.9. The lowest BCUT2D eigenvalue weighted by Gasteiger charge is -2.09. The molecule has 0 atom stereocenters. The highest BCUT2D eigenvalue weighted by molar-refractivity contribution is 6.31. The number of halogens is 1. The van der Waals surface area contributed by atoms with E-state index in [1.807, 2.05) is 0 Å². The van der Waals surface area contributed by atoms with Crippen molar-refractivity contribution in [1.29, 1.82) is 0 Å². The van der Waals surface area contributed by atoms with Gasteiger partial charge in [0.15, 0.2) is 11.5 Å². The van der Waals surface area contributed by atoms with Gasteiger partial charge in [0.1, 0.15) is 0 Å². The molecular formula is C10H11ClN2O3. The second-order valence-corrected chi connectivity index (χ2v) is 3.95. The molecular weight excluding hydrogens is 232 g/mol. The largest absolute Gasteiger partial charge is 0.476 e. The van der Waals surface area contributed by atoms with Gasteiger partial charge in [0.25, 0.3) is 0 Å². The SMILES string of the molecule is CN(C)CC(=O)c1cc(Cl)cnc1C(=O)O. The van der Waals surface area contributed by atoms with Crippen LogP contribution in [0.25, 0.3) is 0 Å². The Morgan fingerprint density at radius 1 is 1.50 bits per heavy atom. The zero-order valence-corrected chi connectivity index (χ0v) is 9.65. The number of aromatic nitrogens is 1. The number of likely N-dealkylation sites (N-methyl/N-ethyl adjacent to an activating group) is 1. The molecule has 1 aromatic heterocycles. The number of carboxylic acids is 1. The van der Waals surface area contributed by atoms with Gasteiger partial charge in [-0.05, 0) is 20.2 Å². The number of hydrogen-bond donors (Lipinski definition) is 1. The van der Waals surface area contributed by atoms with Crippen LogP contribution in [0.1, 0.15) is 20.8 Å². The van der Waals surface area contributed by atoms with Crippen molar-refractivity contribution in [2.24, 2.45) is 0 Å². The summed E-state index contributed by atoms with van der Waals surface area (Å²) in [7, 11) is 3.44. The van der Waals surface area contributed by atoms with Crippen molar-refractivity contribution in [1.82, 2.24) is 9.88 Å². The summed E-state index contributed by atoms with van der Waals surface area (Å²) < 4.78 is 0. The van der Waals surface area contributed by atoms with Crippen LogP contribution in [0.4, 0.5) is 0 Å². The van der Waals surface area contributed by atoms with E-state index in [4.69, 9.17) is 16.7 Å². The Morgan fingerprint density at radius 2 is 2.12 bits per heavy atom. The van der Waals surface area contributed by atoms with Crippen LogP contribution < -0.4 is 0 Å². The van der Waals surface area contributed by atoms with Gasteiger partial charge in [0.2, 0.25) is 0 Å². The molecule has 16 heavy (non-hydrogen) atoms. The van der Waals surface area contributed by atoms with Crippen LogP contribution >= 0.6 is 11.6 Å². The Bertz CT molecular complexity index is 432. The van der Waals surface area contributed by atoms with Crippen LogP contribution in [-0.2, 0) is 0 Å². The van der Waals surface area contributed by atoms with Gasteiger partial charge in [0.05, 0.1) is 17.1 Å². The van der Waals surface area contributed by atoms with Crippen LogP contribution in [0.5, 0.6) is 0 Å². The predicted octanol–water partition coefficient (Wildman–Crippen LogP) is 1.18. The van der Waals surface area contributed by atoms with Crippen molar-refractivity contribution in [3.05, 3.63) is 28.5 Å². The van der Waals surface area contributed by atoms with Crippen molar-refractivity contribution in [3.63, 3.8) is 0 Å². The molecule has 0 saturated heterocycles. The minimum Gasteiger partial charge on any atom is -0.476 e. The Kier molecular flexibility index (Phi) is 3.98. The highest BCUT2D eigenvalue weighted by atomic mass is 35.5. The van der Waals surface area contributed by atoms with Gasteiger partial charge in [-0.25, -0.2) is 9.78 Å². The molecule has 0 fully saturated rings. The zero-order valence-electron chi connectivity index (χ0n) is 8.90. The lowest BCUT2D eigenvalue weighted by Crippen LogP contribution is -2.23. The number of pyridine rings is 1. The minimum absolute atomic E-state index is 0.0358. The van der Waals surface area contributed by atoms with Crippen LogP contribution in [0.2, 0.25) is 5.02 Å². The number of Topliss-reactive ketones (excluding diaryl/α,β-unsaturated/α-hetero) is 1. The Morgan fingerprint density at radius 3 is 2.62 bits per heavy atom. The predicted molar refractivity (Wildman–Crippen MR) is 59.1 cm³/mol. The van der Waals surface area contributed by atoms with Gasteiger partial charge in [-0.3, -0.25) is 4.79 Å². The van der Waals surface area contributed by atoms with Gasteiger partial charge < -0.3 is 10.0 Å². The highest BCUT2D eigenvalue weighted by Crippen LogP contribution is 2.14. The Hall–Kier alpha value is -1.46. The Labute approximate surface area is 97.7 Å². The summed E-state index contributed by atoms with van der Waals surface area (Å²) in [6, 6.07) is 1.32. The van der Waals surface area contributed by atoms with Gasteiger partial charge in [-0.1, -0.05) is 11.6 Å². The van der Waals surface area contributed by atoms with E-state index in [0.29, 0.717) is 0 Å². The number of carbonyl (C=O) groups excluding carboxylic acids is 1. The number of rotatable bonds is 4. The van der Waals surface area contributed by atoms with Crippen molar-refractivity contribution in [2.45, 2.75) is 0 Å². The molecule has 0 aliphatic carbocycles. The van der Waals surface area contributed by atoms with Gasteiger partial charge in [-0.15, -0.1) is 0 Å². The van der Waals surface area contributed by atoms with Crippen molar-refractivity contribution in [3.8, 4) is 0 Å². The van der Waals surface area contributed by atoms with E-state index < -0.39 is 5.97 Å². The molecule has 0 spiro atoms. The number of ketones is 1. The van der Waals surface area contributed by atoms with E-state index in [9.17, 15) is 9.59 Å². The normalized spacial score (nSPS) is 10.5. The zero-order chi connectivity index (χ0) is 12.3. The molecule has 0 aliphatic rings. The standard InChI is InChI=1S/C10H11ClN2O3/c1-13(2)5-8(14)7-3-6(11)4-12-9(7)10(15)16/h3-4H,5H2,1-2H3,(H,15,16). The fourth-order valence-corrected chi connectivity index (χ4v) is 1.35. The highest BCUT2D eigenvalue weighted by Gasteiger charge is 2.18. The average molecular weight is 243 g/mol.